The maximum atomic E-state index is 12.7. The first-order valence-electron chi connectivity index (χ1n) is 9.27. The molecule has 3 rings (SSSR count). The van der Waals surface area contributed by atoms with Gasteiger partial charge in [0.2, 0.25) is 0 Å². The number of hydrogen-bond acceptors (Lipinski definition) is 5. The van der Waals surface area contributed by atoms with E-state index < -0.39 is 5.60 Å². The minimum Gasteiger partial charge on any atom is -0.386 e. The number of amides is 1. The topological polar surface area (TPSA) is 83.3 Å². The predicted molar refractivity (Wildman–Crippen MR) is 110 cm³/mol. The molecule has 1 aromatic carbocycles. The Kier molecular flexibility index (Phi) is 5.49. The Hall–Kier alpha value is -2.77. The second-order valence-electron chi connectivity index (χ2n) is 7.83. The number of aliphatic hydroxyl groups is 1. The van der Waals surface area contributed by atoms with E-state index >= 15 is 0 Å². The monoisotopic (exact) mass is 381 g/mol. The third-order valence-electron chi connectivity index (χ3n) is 4.50. The summed E-state index contributed by atoms with van der Waals surface area (Å²) in [5, 5.41) is 19.0. The number of carbonyl (C=O) groups is 1. The van der Waals surface area contributed by atoms with E-state index in [4.69, 9.17) is 0 Å². The van der Waals surface area contributed by atoms with Crippen LogP contribution in [0.5, 0.6) is 0 Å². The first-order valence-corrected chi connectivity index (χ1v) is 9.27. The number of pyridine rings is 1. The lowest BCUT2D eigenvalue weighted by molar-refractivity contribution is 0.0793. The number of rotatable bonds is 6. The molecule has 0 saturated carbocycles. The fraction of sp³-hybridized carbons (Fsp3) is 0.381. The molecule has 0 spiro atoms. The van der Waals surface area contributed by atoms with Gasteiger partial charge in [-0.05, 0) is 59.1 Å². The lowest BCUT2D eigenvalue weighted by Gasteiger charge is -2.22. The van der Waals surface area contributed by atoms with E-state index in [0.717, 1.165) is 29.7 Å². The summed E-state index contributed by atoms with van der Waals surface area (Å²) in [7, 11) is 4.03. The average Bonchev–Trinajstić information content (AvgIpc) is 3.00. The molecule has 148 valence electrons. The minimum atomic E-state index is -1.13. The Morgan fingerprint density at radius 3 is 2.68 bits per heavy atom. The fourth-order valence-electron chi connectivity index (χ4n) is 3.01. The number of fused-ring (bicyclic) bond motifs is 1. The van der Waals surface area contributed by atoms with Gasteiger partial charge >= 0.3 is 0 Å². The van der Waals surface area contributed by atoms with Crippen molar-refractivity contribution in [2.24, 2.45) is 0 Å². The fourth-order valence-corrected chi connectivity index (χ4v) is 3.01. The van der Waals surface area contributed by atoms with Crippen molar-refractivity contribution in [3.05, 3.63) is 53.5 Å². The number of aromatic nitrogens is 3. The van der Waals surface area contributed by atoms with E-state index in [1.807, 2.05) is 50.1 Å². The SMILES string of the molecule is Cc1cccc(C(=O)Nc2cc3cn(CCN(C)C)nc3cc2C(C)(C)O)n1. The first kappa shape index (κ1) is 20.0. The Morgan fingerprint density at radius 1 is 1.29 bits per heavy atom. The van der Waals surface area contributed by atoms with Gasteiger partial charge in [-0.15, -0.1) is 0 Å². The molecule has 0 aliphatic rings. The van der Waals surface area contributed by atoms with Gasteiger partial charge in [-0.25, -0.2) is 4.98 Å². The van der Waals surface area contributed by atoms with E-state index in [1.165, 1.54) is 0 Å². The molecule has 7 nitrogen and oxygen atoms in total. The molecular weight excluding hydrogens is 354 g/mol. The van der Waals surface area contributed by atoms with Crippen LogP contribution < -0.4 is 5.32 Å². The highest BCUT2D eigenvalue weighted by Gasteiger charge is 2.23. The number of nitrogens with one attached hydrogen (secondary N) is 1. The van der Waals surface area contributed by atoms with Crippen molar-refractivity contribution in [2.45, 2.75) is 32.9 Å². The number of hydrogen-bond donors (Lipinski definition) is 2. The van der Waals surface area contributed by atoms with E-state index in [9.17, 15) is 9.90 Å². The second-order valence-corrected chi connectivity index (χ2v) is 7.83. The number of carbonyl (C=O) groups excluding carboxylic acids is 1. The van der Waals surface area contributed by atoms with Gasteiger partial charge < -0.3 is 15.3 Å². The van der Waals surface area contributed by atoms with Gasteiger partial charge in [-0.2, -0.15) is 5.10 Å². The van der Waals surface area contributed by atoms with E-state index in [0.29, 0.717) is 16.9 Å². The minimum absolute atomic E-state index is 0.312. The van der Waals surface area contributed by atoms with Crippen molar-refractivity contribution < 1.29 is 9.90 Å². The number of likely N-dealkylation sites (N-methyl/N-ethyl adjacent to an activating group) is 1. The molecule has 2 N–H and O–H groups in total. The smallest absolute Gasteiger partial charge is 0.274 e. The highest BCUT2D eigenvalue weighted by atomic mass is 16.3. The Labute approximate surface area is 165 Å². The molecule has 0 fully saturated rings. The van der Waals surface area contributed by atoms with Crippen LogP contribution >= 0.6 is 0 Å². The van der Waals surface area contributed by atoms with Gasteiger partial charge in [0.15, 0.2) is 0 Å². The summed E-state index contributed by atoms with van der Waals surface area (Å²) >= 11 is 0. The highest BCUT2D eigenvalue weighted by Crippen LogP contribution is 2.32. The van der Waals surface area contributed by atoms with Gasteiger partial charge in [0, 0.05) is 35.1 Å². The lowest BCUT2D eigenvalue weighted by atomic mass is 9.95. The highest BCUT2D eigenvalue weighted by molar-refractivity contribution is 6.04. The van der Waals surface area contributed by atoms with Crippen LogP contribution in [0.15, 0.2) is 36.5 Å². The molecule has 3 aromatic rings. The van der Waals surface area contributed by atoms with Gasteiger partial charge in [0.05, 0.1) is 17.7 Å². The first-order chi connectivity index (χ1) is 13.1. The van der Waals surface area contributed by atoms with Crippen LogP contribution in [0.4, 0.5) is 5.69 Å². The second kappa shape index (κ2) is 7.69. The standard InChI is InChI=1S/C21H27N5O2/c1-14-7-6-8-17(22-14)20(27)23-19-11-15-13-26(10-9-25(4)5)24-18(15)12-16(19)21(2,3)28/h6-8,11-13,28H,9-10H2,1-5H3,(H,23,27). The number of aryl methyl sites for hydroxylation is 1. The summed E-state index contributed by atoms with van der Waals surface area (Å²) in [6.45, 7) is 6.85. The number of benzene rings is 1. The number of anilines is 1. The summed E-state index contributed by atoms with van der Waals surface area (Å²) < 4.78 is 1.88. The van der Waals surface area contributed by atoms with Crippen LogP contribution in [0, 0.1) is 6.92 Å². The molecule has 1 amide bonds. The molecule has 0 radical (unpaired) electrons. The summed E-state index contributed by atoms with van der Waals surface area (Å²) in [6, 6.07) is 9.00. The van der Waals surface area contributed by atoms with E-state index in [2.05, 4.69) is 20.3 Å². The maximum absolute atomic E-state index is 12.7. The van der Waals surface area contributed by atoms with Crippen LogP contribution in [-0.4, -0.2) is 51.3 Å². The molecule has 0 bridgehead atoms. The van der Waals surface area contributed by atoms with Gasteiger partial charge in [-0.3, -0.25) is 9.48 Å². The molecule has 0 unspecified atom stereocenters. The van der Waals surface area contributed by atoms with Crippen LogP contribution in [-0.2, 0) is 12.1 Å². The van der Waals surface area contributed by atoms with Crippen molar-refractivity contribution in [3.63, 3.8) is 0 Å². The van der Waals surface area contributed by atoms with Crippen LogP contribution in [0.2, 0.25) is 0 Å². The summed E-state index contributed by atoms with van der Waals surface area (Å²) in [5.41, 5.74) is 1.92. The molecule has 0 aliphatic heterocycles. The van der Waals surface area contributed by atoms with Crippen molar-refractivity contribution in [2.75, 3.05) is 26.0 Å². The van der Waals surface area contributed by atoms with Gasteiger partial charge in [0.1, 0.15) is 5.69 Å². The normalized spacial score (nSPS) is 12.0. The Bertz CT molecular complexity index is 1000. The molecule has 0 aliphatic carbocycles. The van der Waals surface area contributed by atoms with Crippen LogP contribution in [0.25, 0.3) is 10.9 Å². The summed E-state index contributed by atoms with van der Waals surface area (Å²) in [6.07, 6.45) is 1.95. The maximum Gasteiger partial charge on any atom is 0.274 e. The third kappa shape index (κ3) is 4.55. The van der Waals surface area contributed by atoms with Crippen molar-refractivity contribution in [1.29, 1.82) is 0 Å². The van der Waals surface area contributed by atoms with E-state index in [1.54, 1.807) is 26.0 Å². The van der Waals surface area contributed by atoms with Crippen molar-refractivity contribution in [1.82, 2.24) is 19.7 Å². The van der Waals surface area contributed by atoms with E-state index in [-0.39, 0.29) is 5.91 Å². The van der Waals surface area contributed by atoms with Gasteiger partial charge in [0.25, 0.3) is 5.91 Å². The van der Waals surface area contributed by atoms with Crippen molar-refractivity contribution >= 4 is 22.5 Å². The molecule has 2 aromatic heterocycles. The zero-order valence-corrected chi connectivity index (χ0v) is 17.0. The third-order valence-corrected chi connectivity index (χ3v) is 4.50. The summed E-state index contributed by atoms with van der Waals surface area (Å²) in [5.74, 6) is -0.312. The largest absolute Gasteiger partial charge is 0.386 e. The van der Waals surface area contributed by atoms with Crippen molar-refractivity contribution in [3.8, 4) is 0 Å². The molecule has 28 heavy (non-hydrogen) atoms. The summed E-state index contributed by atoms with van der Waals surface area (Å²) in [4.78, 5) is 19.0. The average molecular weight is 381 g/mol. The Morgan fingerprint density at radius 2 is 2.04 bits per heavy atom. The van der Waals surface area contributed by atoms with Crippen LogP contribution in [0.3, 0.4) is 0 Å². The molecule has 7 heteroatoms. The lowest BCUT2D eigenvalue weighted by Crippen LogP contribution is -2.21. The quantitative estimate of drug-likeness (QED) is 0.686. The molecule has 0 atom stereocenters. The molecular formula is C21H27N5O2. The van der Waals surface area contributed by atoms with Crippen LogP contribution in [0.1, 0.15) is 35.6 Å². The Balaban J connectivity index is 1.98. The predicted octanol–water partition coefficient (Wildman–Crippen LogP) is 2.78. The van der Waals surface area contributed by atoms with Gasteiger partial charge in [-0.1, -0.05) is 6.07 Å². The molecule has 2 heterocycles. The zero-order valence-electron chi connectivity index (χ0n) is 17.0. The number of nitrogens with zero attached hydrogens (tertiary/aromatic N) is 4. The zero-order chi connectivity index (χ0) is 20.5. The molecule has 0 saturated heterocycles.